The number of carbonyl (C=O) groups is 1. The van der Waals surface area contributed by atoms with Crippen LogP contribution < -0.4 is 11.2 Å². The summed E-state index contributed by atoms with van der Waals surface area (Å²) in [6.45, 7) is 1.85. The molecular formula is C15H19N5OS. The number of hydrogen-bond acceptors (Lipinski definition) is 5. The van der Waals surface area contributed by atoms with Gasteiger partial charge in [0.2, 0.25) is 11.1 Å². The van der Waals surface area contributed by atoms with Gasteiger partial charge in [-0.3, -0.25) is 4.79 Å². The minimum atomic E-state index is -0.277. The minimum Gasteiger partial charge on any atom is -0.348 e. The van der Waals surface area contributed by atoms with E-state index in [1.807, 2.05) is 13.0 Å². The molecule has 2 aromatic rings. The third-order valence-corrected chi connectivity index (χ3v) is 4.95. The molecule has 1 aliphatic carbocycles. The molecule has 1 aromatic heterocycles. The lowest BCUT2D eigenvalue weighted by atomic mass is 9.88. The van der Waals surface area contributed by atoms with Gasteiger partial charge in [0.05, 0.1) is 11.3 Å². The van der Waals surface area contributed by atoms with Crippen molar-refractivity contribution in [3.05, 3.63) is 41.7 Å². The predicted molar refractivity (Wildman–Crippen MR) is 85.8 cm³/mol. The Kier molecular flexibility index (Phi) is 4.33. The SMILES string of the molecule is C[C@H](Sc1nncn1N)C(=O)N[C@@H]1CCCc2ccccc21. The van der Waals surface area contributed by atoms with Gasteiger partial charge in [0.25, 0.3) is 0 Å². The largest absolute Gasteiger partial charge is 0.348 e. The molecule has 0 unspecified atom stereocenters. The van der Waals surface area contributed by atoms with Gasteiger partial charge in [0.15, 0.2) is 0 Å². The van der Waals surface area contributed by atoms with Gasteiger partial charge in [-0.2, -0.15) is 0 Å². The molecule has 0 spiro atoms. The van der Waals surface area contributed by atoms with E-state index in [2.05, 4.69) is 33.7 Å². The smallest absolute Gasteiger partial charge is 0.233 e. The Hall–Kier alpha value is -2.02. The number of nitrogen functional groups attached to an aromatic ring is 1. The fourth-order valence-electron chi connectivity index (χ4n) is 2.72. The third kappa shape index (κ3) is 3.09. The molecule has 6 nitrogen and oxygen atoms in total. The highest BCUT2D eigenvalue weighted by Gasteiger charge is 2.24. The van der Waals surface area contributed by atoms with Gasteiger partial charge in [-0.25, -0.2) is 4.68 Å². The van der Waals surface area contributed by atoms with E-state index >= 15 is 0 Å². The number of nitrogens with two attached hydrogens (primary N) is 1. The fraction of sp³-hybridized carbons (Fsp3) is 0.400. The summed E-state index contributed by atoms with van der Waals surface area (Å²) >= 11 is 1.31. The van der Waals surface area contributed by atoms with Crippen LogP contribution in [0.3, 0.4) is 0 Å². The van der Waals surface area contributed by atoms with E-state index in [4.69, 9.17) is 5.84 Å². The van der Waals surface area contributed by atoms with Gasteiger partial charge in [-0.1, -0.05) is 36.0 Å². The fourth-order valence-corrected chi connectivity index (χ4v) is 3.48. The lowest BCUT2D eigenvalue weighted by molar-refractivity contribution is -0.121. The van der Waals surface area contributed by atoms with Crippen LogP contribution in [0.1, 0.15) is 36.9 Å². The lowest BCUT2D eigenvalue weighted by Crippen LogP contribution is -2.36. The standard InChI is InChI=1S/C15H19N5OS/c1-10(22-15-19-17-9-20(15)16)14(21)18-13-8-4-6-11-5-2-3-7-12(11)13/h2-3,5,7,9-10,13H,4,6,8,16H2,1H3,(H,18,21)/t10-,13+/m0/s1. The second kappa shape index (κ2) is 6.39. The number of benzene rings is 1. The van der Waals surface area contributed by atoms with Gasteiger partial charge in [0, 0.05) is 0 Å². The molecule has 7 heteroatoms. The summed E-state index contributed by atoms with van der Waals surface area (Å²) in [5, 5.41) is 11.0. The first-order chi connectivity index (χ1) is 10.6. The van der Waals surface area contributed by atoms with Crippen molar-refractivity contribution in [2.24, 2.45) is 0 Å². The number of amides is 1. The van der Waals surface area contributed by atoms with Gasteiger partial charge < -0.3 is 11.2 Å². The number of fused-ring (bicyclic) bond motifs is 1. The number of rotatable bonds is 4. The first kappa shape index (κ1) is 14.9. The summed E-state index contributed by atoms with van der Waals surface area (Å²) in [6.07, 6.45) is 4.58. The molecule has 0 fully saturated rings. The normalized spacial score (nSPS) is 18.5. The second-order valence-electron chi connectivity index (χ2n) is 5.43. The summed E-state index contributed by atoms with van der Waals surface area (Å²) in [4.78, 5) is 12.4. The molecule has 1 aromatic carbocycles. The molecule has 0 saturated heterocycles. The lowest BCUT2D eigenvalue weighted by Gasteiger charge is -2.27. The zero-order valence-electron chi connectivity index (χ0n) is 12.4. The molecule has 0 radical (unpaired) electrons. The van der Waals surface area contributed by atoms with Crippen LogP contribution in [0, 0.1) is 0 Å². The molecule has 22 heavy (non-hydrogen) atoms. The van der Waals surface area contributed by atoms with Crippen LogP contribution in [0.5, 0.6) is 0 Å². The Morgan fingerprint density at radius 2 is 2.32 bits per heavy atom. The zero-order valence-corrected chi connectivity index (χ0v) is 13.2. The molecule has 1 heterocycles. The van der Waals surface area contributed by atoms with Crippen LogP contribution in [0.15, 0.2) is 35.7 Å². The van der Waals surface area contributed by atoms with E-state index in [9.17, 15) is 4.79 Å². The minimum absolute atomic E-state index is 0.00490. The van der Waals surface area contributed by atoms with Crippen LogP contribution in [-0.2, 0) is 11.2 Å². The number of nitrogens with one attached hydrogen (secondary N) is 1. The number of aryl methyl sites for hydroxylation is 1. The van der Waals surface area contributed by atoms with E-state index in [0.717, 1.165) is 19.3 Å². The van der Waals surface area contributed by atoms with Crippen molar-refractivity contribution in [3.63, 3.8) is 0 Å². The summed E-state index contributed by atoms with van der Waals surface area (Å²) in [5.74, 6) is 5.67. The summed E-state index contributed by atoms with van der Waals surface area (Å²) in [6, 6.07) is 8.42. The predicted octanol–water partition coefficient (Wildman–Crippen LogP) is 1.67. The van der Waals surface area contributed by atoms with Crippen molar-refractivity contribution in [2.45, 2.75) is 42.6 Å². The number of hydrogen-bond donors (Lipinski definition) is 2. The Bertz CT molecular complexity index is 671. The number of nitrogens with zero attached hydrogens (tertiary/aromatic N) is 3. The first-order valence-corrected chi connectivity index (χ1v) is 8.23. The monoisotopic (exact) mass is 317 g/mol. The van der Waals surface area contributed by atoms with Crippen LogP contribution in [0.2, 0.25) is 0 Å². The molecular weight excluding hydrogens is 298 g/mol. The summed E-state index contributed by atoms with van der Waals surface area (Å²) in [7, 11) is 0. The Labute approximate surface area is 133 Å². The van der Waals surface area contributed by atoms with Gasteiger partial charge in [-0.05, 0) is 37.3 Å². The van der Waals surface area contributed by atoms with Crippen molar-refractivity contribution in [3.8, 4) is 0 Å². The summed E-state index contributed by atoms with van der Waals surface area (Å²) < 4.78 is 1.32. The molecule has 3 N–H and O–H groups in total. The van der Waals surface area contributed by atoms with E-state index in [-0.39, 0.29) is 17.2 Å². The van der Waals surface area contributed by atoms with Crippen molar-refractivity contribution in [1.82, 2.24) is 20.2 Å². The van der Waals surface area contributed by atoms with Crippen LogP contribution >= 0.6 is 11.8 Å². The maximum atomic E-state index is 12.4. The molecule has 0 aliphatic heterocycles. The first-order valence-electron chi connectivity index (χ1n) is 7.35. The quantitative estimate of drug-likeness (QED) is 0.662. The van der Waals surface area contributed by atoms with Crippen LogP contribution in [-0.4, -0.2) is 26.0 Å². The van der Waals surface area contributed by atoms with Crippen LogP contribution in [0.25, 0.3) is 0 Å². The number of aromatic nitrogens is 3. The van der Waals surface area contributed by atoms with Crippen molar-refractivity contribution in [1.29, 1.82) is 0 Å². The number of thioether (sulfide) groups is 1. The Balaban J connectivity index is 1.66. The van der Waals surface area contributed by atoms with Gasteiger partial charge in [0.1, 0.15) is 6.33 Å². The molecule has 1 aliphatic rings. The number of carbonyl (C=O) groups excluding carboxylic acids is 1. The maximum absolute atomic E-state index is 12.4. The maximum Gasteiger partial charge on any atom is 0.233 e. The third-order valence-electron chi connectivity index (χ3n) is 3.88. The second-order valence-corrected chi connectivity index (χ2v) is 6.74. The molecule has 2 atom stereocenters. The Morgan fingerprint density at radius 1 is 1.50 bits per heavy atom. The average molecular weight is 317 g/mol. The van der Waals surface area contributed by atoms with E-state index in [1.165, 1.54) is 33.9 Å². The van der Waals surface area contributed by atoms with E-state index in [1.54, 1.807) is 0 Å². The van der Waals surface area contributed by atoms with E-state index < -0.39 is 0 Å². The molecule has 1 amide bonds. The topological polar surface area (TPSA) is 85.8 Å². The summed E-state index contributed by atoms with van der Waals surface area (Å²) in [5.41, 5.74) is 2.57. The average Bonchev–Trinajstić information content (AvgIpc) is 2.93. The highest BCUT2D eigenvalue weighted by atomic mass is 32.2. The molecule has 3 rings (SSSR count). The van der Waals surface area contributed by atoms with Gasteiger partial charge >= 0.3 is 0 Å². The molecule has 0 bridgehead atoms. The highest BCUT2D eigenvalue weighted by Crippen LogP contribution is 2.30. The molecule has 0 saturated carbocycles. The van der Waals surface area contributed by atoms with Crippen molar-refractivity contribution in [2.75, 3.05) is 5.84 Å². The van der Waals surface area contributed by atoms with E-state index in [0.29, 0.717) is 5.16 Å². The molecule has 116 valence electrons. The van der Waals surface area contributed by atoms with Gasteiger partial charge in [-0.15, -0.1) is 10.2 Å². The van der Waals surface area contributed by atoms with Crippen molar-refractivity contribution < 1.29 is 4.79 Å². The van der Waals surface area contributed by atoms with Crippen molar-refractivity contribution >= 4 is 17.7 Å². The van der Waals surface area contributed by atoms with Crippen LogP contribution in [0.4, 0.5) is 0 Å². The zero-order chi connectivity index (χ0) is 15.5. The highest BCUT2D eigenvalue weighted by molar-refractivity contribution is 8.00. The Morgan fingerprint density at radius 3 is 3.09 bits per heavy atom.